The second kappa shape index (κ2) is 36.1. The molecule has 0 atom stereocenters. The van der Waals surface area contributed by atoms with Crippen LogP contribution in [-0.4, -0.2) is 25.2 Å². The molecular weight excluding hydrogens is 520 g/mol. The predicted molar refractivity (Wildman–Crippen MR) is 181 cm³/mol. The van der Waals surface area contributed by atoms with Crippen LogP contribution in [0.5, 0.6) is 0 Å². The summed E-state index contributed by atoms with van der Waals surface area (Å²) >= 11 is 0. The molecule has 0 bridgehead atoms. The summed E-state index contributed by atoms with van der Waals surface area (Å²) in [5.74, 6) is -0.127. The largest absolute Gasteiger partial charge is 0.466 e. The number of carbonyl (C=O) groups is 2. The number of esters is 2. The van der Waals surface area contributed by atoms with Gasteiger partial charge in [-0.3, -0.25) is 9.59 Å². The standard InChI is InChI=1S/C38H74O4/c1-3-5-7-9-11-13-15-17-19-21-23-27-31-35-41-37(39)33-29-25-26-30-34-38(40)42-36-32-28-24-22-20-18-16-14-12-10-8-6-4-2/h3-36H2,1-2H3. The van der Waals surface area contributed by atoms with Crippen molar-refractivity contribution in [2.24, 2.45) is 0 Å². The van der Waals surface area contributed by atoms with Gasteiger partial charge in [-0.05, 0) is 25.7 Å². The lowest BCUT2D eigenvalue weighted by Crippen LogP contribution is -2.06. The van der Waals surface area contributed by atoms with Crippen LogP contribution in [0.3, 0.4) is 0 Å². The molecular formula is C38H74O4. The minimum Gasteiger partial charge on any atom is -0.466 e. The molecule has 0 heterocycles. The molecule has 0 N–H and O–H groups in total. The Kier molecular flexibility index (Phi) is 35.2. The zero-order valence-electron chi connectivity index (χ0n) is 28.7. The van der Waals surface area contributed by atoms with E-state index >= 15 is 0 Å². The topological polar surface area (TPSA) is 52.6 Å². The second-order valence-electron chi connectivity index (χ2n) is 12.8. The SMILES string of the molecule is CCCCCCCCCCCCCCCOC(=O)CCCCCCC(=O)OCCCCCCCCCCCCCCC. The molecule has 250 valence electrons. The molecule has 0 unspecified atom stereocenters. The van der Waals surface area contributed by atoms with Gasteiger partial charge in [-0.15, -0.1) is 0 Å². The van der Waals surface area contributed by atoms with Gasteiger partial charge in [-0.2, -0.15) is 0 Å². The van der Waals surface area contributed by atoms with Crippen LogP contribution in [0.1, 0.15) is 219 Å². The van der Waals surface area contributed by atoms with Crippen molar-refractivity contribution in [1.29, 1.82) is 0 Å². The minimum atomic E-state index is -0.0637. The number of unbranched alkanes of at least 4 members (excludes halogenated alkanes) is 27. The molecule has 42 heavy (non-hydrogen) atoms. The van der Waals surface area contributed by atoms with Gasteiger partial charge in [-0.1, -0.05) is 181 Å². The van der Waals surface area contributed by atoms with Crippen LogP contribution in [0.2, 0.25) is 0 Å². The van der Waals surface area contributed by atoms with Crippen molar-refractivity contribution >= 4 is 11.9 Å². The first-order valence-corrected chi connectivity index (χ1v) is 19.0. The van der Waals surface area contributed by atoms with Gasteiger partial charge in [0.1, 0.15) is 0 Å². The van der Waals surface area contributed by atoms with Crippen LogP contribution < -0.4 is 0 Å². The highest BCUT2D eigenvalue weighted by molar-refractivity contribution is 5.69. The van der Waals surface area contributed by atoms with Gasteiger partial charge in [0.25, 0.3) is 0 Å². The maximum absolute atomic E-state index is 11.9. The molecule has 0 fully saturated rings. The number of rotatable bonds is 35. The van der Waals surface area contributed by atoms with Crippen LogP contribution in [0, 0.1) is 0 Å². The lowest BCUT2D eigenvalue weighted by Gasteiger charge is -2.06. The van der Waals surface area contributed by atoms with E-state index < -0.39 is 0 Å². The minimum absolute atomic E-state index is 0.0637. The summed E-state index contributed by atoms with van der Waals surface area (Å²) in [6.45, 7) is 5.69. The summed E-state index contributed by atoms with van der Waals surface area (Å²) in [6.07, 6.45) is 39.2. The van der Waals surface area contributed by atoms with E-state index in [1.807, 2.05) is 0 Å². The van der Waals surface area contributed by atoms with Crippen molar-refractivity contribution in [3.63, 3.8) is 0 Å². The normalized spacial score (nSPS) is 11.2. The Balaban J connectivity index is 3.25. The Morgan fingerprint density at radius 2 is 0.524 bits per heavy atom. The molecule has 0 spiro atoms. The summed E-state index contributed by atoms with van der Waals surface area (Å²) in [7, 11) is 0. The Hall–Kier alpha value is -1.06. The van der Waals surface area contributed by atoms with Crippen molar-refractivity contribution in [2.45, 2.75) is 219 Å². The first kappa shape index (κ1) is 40.9. The van der Waals surface area contributed by atoms with Crippen LogP contribution >= 0.6 is 0 Å². The Labute approximate surface area is 263 Å². The predicted octanol–water partition coefficient (Wildman–Crippen LogP) is 12.6. The van der Waals surface area contributed by atoms with E-state index in [0.29, 0.717) is 26.1 Å². The molecule has 0 saturated heterocycles. The molecule has 0 aliphatic heterocycles. The fourth-order valence-corrected chi connectivity index (χ4v) is 5.65. The molecule has 0 rings (SSSR count). The summed E-state index contributed by atoms with van der Waals surface area (Å²) in [5, 5.41) is 0. The molecule has 4 heteroatoms. The quantitative estimate of drug-likeness (QED) is 0.0541. The molecule has 0 aromatic heterocycles. The van der Waals surface area contributed by atoms with E-state index in [2.05, 4.69) is 13.8 Å². The molecule has 0 radical (unpaired) electrons. The summed E-state index contributed by atoms with van der Waals surface area (Å²) < 4.78 is 10.8. The molecule has 0 aliphatic rings. The summed E-state index contributed by atoms with van der Waals surface area (Å²) in [4.78, 5) is 23.8. The van der Waals surface area contributed by atoms with E-state index in [1.54, 1.807) is 0 Å². The van der Waals surface area contributed by atoms with E-state index in [9.17, 15) is 9.59 Å². The molecule has 0 amide bonds. The highest BCUT2D eigenvalue weighted by Crippen LogP contribution is 2.14. The molecule has 0 aromatic carbocycles. The van der Waals surface area contributed by atoms with Crippen LogP contribution in [0.4, 0.5) is 0 Å². The maximum atomic E-state index is 11.9. The zero-order chi connectivity index (χ0) is 30.6. The van der Waals surface area contributed by atoms with Crippen LogP contribution in [-0.2, 0) is 19.1 Å². The first-order valence-electron chi connectivity index (χ1n) is 19.0. The van der Waals surface area contributed by atoms with E-state index in [4.69, 9.17) is 9.47 Å². The highest BCUT2D eigenvalue weighted by atomic mass is 16.5. The van der Waals surface area contributed by atoms with E-state index in [1.165, 1.54) is 154 Å². The maximum Gasteiger partial charge on any atom is 0.305 e. The van der Waals surface area contributed by atoms with Gasteiger partial charge in [-0.25, -0.2) is 0 Å². The van der Waals surface area contributed by atoms with Gasteiger partial charge in [0.05, 0.1) is 13.2 Å². The molecule has 0 saturated carbocycles. The second-order valence-corrected chi connectivity index (χ2v) is 12.8. The highest BCUT2D eigenvalue weighted by Gasteiger charge is 2.05. The molecule has 0 aliphatic carbocycles. The lowest BCUT2D eigenvalue weighted by molar-refractivity contribution is -0.145. The summed E-state index contributed by atoms with van der Waals surface area (Å²) in [5.41, 5.74) is 0. The number of ether oxygens (including phenoxy) is 2. The average molecular weight is 595 g/mol. The van der Waals surface area contributed by atoms with Crippen molar-refractivity contribution in [3.8, 4) is 0 Å². The molecule has 0 aromatic rings. The van der Waals surface area contributed by atoms with Gasteiger partial charge in [0, 0.05) is 12.8 Å². The van der Waals surface area contributed by atoms with Crippen molar-refractivity contribution in [3.05, 3.63) is 0 Å². The third-order valence-corrected chi connectivity index (χ3v) is 8.53. The van der Waals surface area contributed by atoms with E-state index in [-0.39, 0.29) is 11.9 Å². The van der Waals surface area contributed by atoms with Gasteiger partial charge < -0.3 is 9.47 Å². The van der Waals surface area contributed by atoms with Crippen LogP contribution in [0.25, 0.3) is 0 Å². The third kappa shape index (κ3) is 35.1. The third-order valence-electron chi connectivity index (χ3n) is 8.53. The smallest absolute Gasteiger partial charge is 0.305 e. The fourth-order valence-electron chi connectivity index (χ4n) is 5.65. The van der Waals surface area contributed by atoms with Gasteiger partial charge in [0.15, 0.2) is 0 Å². The molecule has 4 nitrogen and oxygen atoms in total. The Morgan fingerprint density at radius 3 is 0.786 bits per heavy atom. The fraction of sp³-hybridized carbons (Fsp3) is 0.947. The number of hydrogen-bond donors (Lipinski definition) is 0. The Morgan fingerprint density at radius 1 is 0.310 bits per heavy atom. The van der Waals surface area contributed by atoms with Crippen molar-refractivity contribution in [1.82, 2.24) is 0 Å². The lowest BCUT2D eigenvalue weighted by atomic mass is 10.0. The summed E-state index contributed by atoms with van der Waals surface area (Å²) in [6, 6.07) is 0. The van der Waals surface area contributed by atoms with Gasteiger partial charge >= 0.3 is 11.9 Å². The number of hydrogen-bond acceptors (Lipinski definition) is 4. The first-order chi connectivity index (χ1) is 20.7. The van der Waals surface area contributed by atoms with E-state index in [0.717, 1.165) is 38.5 Å². The van der Waals surface area contributed by atoms with Gasteiger partial charge in [0.2, 0.25) is 0 Å². The Bertz CT molecular complexity index is 499. The average Bonchev–Trinajstić information content (AvgIpc) is 2.99. The zero-order valence-corrected chi connectivity index (χ0v) is 28.7. The van der Waals surface area contributed by atoms with Crippen molar-refractivity contribution < 1.29 is 19.1 Å². The van der Waals surface area contributed by atoms with Crippen molar-refractivity contribution in [2.75, 3.05) is 13.2 Å². The van der Waals surface area contributed by atoms with Crippen LogP contribution in [0.15, 0.2) is 0 Å². The monoisotopic (exact) mass is 595 g/mol. The number of carbonyl (C=O) groups excluding carboxylic acids is 2.